The zero-order valence-electron chi connectivity index (χ0n) is 14.5. The van der Waals surface area contributed by atoms with Gasteiger partial charge >= 0.3 is 5.97 Å². The van der Waals surface area contributed by atoms with E-state index in [0.717, 1.165) is 11.3 Å². The van der Waals surface area contributed by atoms with E-state index in [1.165, 1.54) is 13.0 Å². The fourth-order valence-electron chi connectivity index (χ4n) is 2.08. The number of ether oxygens (including phenoxy) is 2. The Bertz CT molecular complexity index is 824. The summed E-state index contributed by atoms with van der Waals surface area (Å²) >= 11 is 0. The summed E-state index contributed by atoms with van der Waals surface area (Å²) in [6.45, 7) is 1.02. The lowest BCUT2D eigenvalue weighted by atomic mass is 10.1. The van der Waals surface area contributed by atoms with Crippen LogP contribution in [0, 0.1) is 0 Å². The van der Waals surface area contributed by atoms with E-state index in [9.17, 15) is 14.4 Å². The molecule has 0 unspecified atom stereocenters. The summed E-state index contributed by atoms with van der Waals surface area (Å²) in [5.41, 5.74) is 1.75. The van der Waals surface area contributed by atoms with Gasteiger partial charge in [0.15, 0.2) is 12.4 Å². The number of esters is 1. The summed E-state index contributed by atoms with van der Waals surface area (Å²) in [6, 6.07) is 13.6. The molecule has 0 radical (unpaired) electrons. The number of methoxy groups -OCH3 is 1. The van der Waals surface area contributed by atoms with Gasteiger partial charge in [-0.05, 0) is 42.8 Å². The molecule has 0 bridgehead atoms. The van der Waals surface area contributed by atoms with Crippen LogP contribution < -0.4 is 10.1 Å². The minimum Gasteiger partial charge on any atom is -0.497 e. The molecule has 0 saturated carbocycles. The van der Waals surface area contributed by atoms with Gasteiger partial charge in [0.1, 0.15) is 5.75 Å². The second-order valence-corrected chi connectivity index (χ2v) is 5.40. The van der Waals surface area contributed by atoms with Gasteiger partial charge in [0.25, 0.3) is 5.91 Å². The van der Waals surface area contributed by atoms with Gasteiger partial charge in [0.05, 0.1) is 7.11 Å². The van der Waals surface area contributed by atoms with E-state index in [2.05, 4.69) is 5.32 Å². The molecular formula is C20H19NO5. The summed E-state index contributed by atoms with van der Waals surface area (Å²) in [4.78, 5) is 34.8. The first-order chi connectivity index (χ1) is 12.5. The van der Waals surface area contributed by atoms with Crippen molar-refractivity contribution in [3.05, 3.63) is 65.7 Å². The first kappa shape index (κ1) is 18.9. The monoisotopic (exact) mass is 353 g/mol. The Kier molecular flexibility index (Phi) is 6.68. The zero-order valence-corrected chi connectivity index (χ0v) is 14.5. The van der Waals surface area contributed by atoms with Crippen LogP contribution in [0.1, 0.15) is 22.8 Å². The highest BCUT2D eigenvalue weighted by atomic mass is 16.5. The summed E-state index contributed by atoms with van der Waals surface area (Å²) < 4.78 is 9.94. The average molecular weight is 353 g/mol. The van der Waals surface area contributed by atoms with Gasteiger partial charge < -0.3 is 14.8 Å². The molecule has 0 saturated heterocycles. The van der Waals surface area contributed by atoms with Crippen LogP contribution in [0.4, 0.5) is 5.69 Å². The molecule has 0 heterocycles. The number of nitrogens with one attached hydrogen (secondary N) is 1. The van der Waals surface area contributed by atoms with E-state index in [0.29, 0.717) is 11.3 Å². The lowest BCUT2D eigenvalue weighted by molar-refractivity contribution is -0.142. The van der Waals surface area contributed by atoms with Gasteiger partial charge in [0.2, 0.25) is 0 Å². The molecule has 0 atom stereocenters. The molecule has 6 nitrogen and oxygen atoms in total. The topological polar surface area (TPSA) is 81.7 Å². The third-order valence-corrected chi connectivity index (χ3v) is 3.43. The van der Waals surface area contributed by atoms with Crippen molar-refractivity contribution in [1.82, 2.24) is 0 Å². The number of hydrogen-bond acceptors (Lipinski definition) is 5. The Morgan fingerprint density at radius 2 is 1.81 bits per heavy atom. The molecule has 0 aromatic heterocycles. The maximum absolute atomic E-state index is 11.8. The highest BCUT2D eigenvalue weighted by Gasteiger charge is 2.07. The standard InChI is InChI=1S/C20H19NO5/c1-14(22)16-4-3-5-17(12-16)21-19(23)13-26-20(24)11-8-15-6-9-18(25-2)10-7-15/h3-12H,13H2,1-2H3,(H,21,23)/b11-8+. The number of carbonyl (C=O) groups is 3. The zero-order chi connectivity index (χ0) is 18.9. The van der Waals surface area contributed by atoms with Crippen LogP contribution in [-0.4, -0.2) is 31.4 Å². The first-order valence-corrected chi connectivity index (χ1v) is 7.87. The van der Waals surface area contributed by atoms with Crippen molar-refractivity contribution in [2.45, 2.75) is 6.92 Å². The quantitative estimate of drug-likeness (QED) is 0.470. The van der Waals surface area contributed by atoms with Crippen LogP contribution in [0.25, 0.3) is 6.08 Å². The summed E-state index contributed by atoms with van der Waals surface area (Å²) in [6.07, 6.45) is 2.82. The smallest absolute Gasteiger partial charge is 0.331 e. The Morgan fingerprint density at radius 1 is 1.08 bits per heavy atom. The van der Waals surface area contributed by atoms with Crippen molar-refractivity contribution in [3.63, 3.8) is 0 Å². The van der Waals surface area contributed by atoms with Crippen LogP contribution in [0.2, 0.25) is 0 Å². The van der Waals surface area contributed by atoms with Crippen LogP contribution in [-0.2, 0) is 14.3 Å². The highest BCUT2D eigenvalue weighted by molar-refractivity contribution is 5.98. The predicted molar refractivity (Wildman–Crippen MR) is 98.1 cm³/mol. The minimum absolute atomic E-state index is 0.101. The Hall–Kier alpha value is -3.41. The van der Waals surface area contributed by atoms with Crippen molar-refractivity contribution in [1.29, 1.82) is 0 Å². The number of rotatable bonds is 7. The van der Waals surface area contributed by atoms with Crippen LogP contribution in [0.5, 0.6) is 5.75 Å². The van der Waals surface area contributed by atoms with Gasteiger partial charge in [-0.2, -0.15) is 0 Å². The second kappa shape index (κ2) is 9.17. The fraction of sp³-hybridized carbons (Fsp3) is 0.150. The van der Waals surface area contributed by atoms with E-state index in [-0.39, 0.29) is 5.78 Å². The highest BCUT2D eigenvalue weighted by Crippen LogP contribution is 2.13. The molecule has 2 aromatic rings. The Balaban J connectivity index is 1.82. The van der Waals surface area contributed by atoms with E-state index in [1.807, 2.05) is 0 Å². The molecular weight excluding hydrogens is 334 g/mol. The maximum atomic E-state index is 11.8. The van der Waals surface area contributed by atoms with Gasteiger partial charge in [-0.25, -0.2) is 4.79 Å². The van der Waals surface area contributed by atoms with Gasteiger partial charge in [-0.3, -0.25) is 9.59 Å². The van der Waals surface area contributed by atoms with Crippen LogP contribution >= 0.6 is 0 Å². The van der Waals surface area contributed by atoms with Crippen LogP contribution in [0.15, 0.2) is 54.6 Å². The van der Waals surface area contributed by atoms with E-state index >= 15 is 0 Å². The number of carbonyl (C=O) groups excluding carboxylic acids is 3. The number of anilines is 1. The third-order valence-electron chi connectivity index (χ3n) is 3.43. The molecule has 0 spiro atoms. The average Bonchev–Trinajstić information content (AvgIpc) is 2.65. The Labute approximate surface area is 151 Å². The predicted octanol–water partition coefficient (Wildman–Crippen LogP) is 3.09. The summed E-state index contributed by atoms with van der Waals surface area (Å²) in [5.74, 6) is -0.503. The largest absolute Gasteiger partial charge is 0.497 e. The van der Waals surface area contributed by atoms with Crippen molar-refractivity contribution in [2.75, 3.05) is 19.0 Å². The fourth-order valence-corrected chi connectivity index (χ4v) is 2.08. The third kappa shape index (κ3) is 5.90. The first-order valence-electron chi connectivity index (χ1n) is 7.87. The molecule has 26 heavy (non-hydrogen) atoms. The van der Waals surface area contributed by atoms with Gasteiger partial charge in [-0.1, -0.05) is 24.3 Å². The maximum Gasteiger partial charge on any atom is 0.331 e. The molecule has 0 aliphatic carbocycles. The van der Waals surface area contributed by atoms with Crippen molar-refractivity contribution >= 4 is 29.4 Å². The summed E-state index contributed by atoms with van der Waals surface area (Å²) in [5, 5.41) is 2.57. The summed E-state index contributed by atoms with van der Waals surface area (Å²) in [7, 11) is 1.57. The molecule has 0 fully saturated rings. The van der Waals surface area contributed by atoms with Crippen molar-refractivity contribution in [2.24, 2.45) is 0 Å². The number of Topliss-reactive ketones (excluding diaryl/α,β-unsaturated/α-hetero) is 1. The molecule has 134 valence electrons. The second-order valence-electron chi connectivity index (χ2n) is 5.40. The SMILES string of the molecule is COc1ccc(/C=C/C(=O)OCC(=O)Nc2cccc(C(C)=O)c2)cc1. The van der Waals surface area contributed by atoms with Gasteiger partial charge in [-0.15, -0.1) is 0 Å². The number of ketones is 1. The molecule has 2 rings (SSSR count). The molecule has 6 heteroatoms. The van der Waals surface area contributed by atoms with Crippen molar-refractivity contribution in [3.8, 4) is 5.75 Å². The lowest BCUT2D eigenvalue weighted by Crippen LogP contribution is -2.20. The number of amides is 1. The van der Waals surface area contributed by atoms with E-state index < -0.39 is 18.5 Å². The molecule has 1 N–H and O–H groups in total. The van der Waals surface area contributed by atoms with Gasteiger partial charge in [0, 0.05) is 17.3 Å². The molecule has 1 amide bonds. The molecule has 0 aliphatic heterocycles. The number of hydrogen-bond donors (Lipinski definition) is 1. The Morgan fingerprint density at radius 3 is 2.46 bits per heavy atom. The molecule has 0 aliphatic rings. The normalized spacial score (nSPS) is 10.4. The number of benzene rings is 2. The van der Waals surface area contributed by atoms with Crippen molar-refractivity contribution < 1.29 is 23.9 Å². The van der Waals surface area contributed by atoms with E-state index in [1.54, 1.807) is 61.7 Å². The molecule has 2 aromatic carbocycles. The van der Waals surface area contributed by atoms with E-state index in [4.69, 9.17) is 9.47 Å². The minimum atomic E-state index is -0.631. The van der Waals surface area contributed by atoms with Crippen LogP contribution in [0.3, 0.4) is 0 Å². The lowest BCUT2D eigenvalue weighted by Gasteiger charge is -2.06.